The number of hydrogen-bond acceptors (Lipinski definition) is 2. The summed E-state index contributed by atoms with van der Waals surface area (Å²) < 4.78 is 4.62. The highest BCUT2D eigenvalue weighted by atomic mass is 35.5. The van der Waals surface area contributed by atoms with Crippen molar-refractivity contribution >= 4 is 17.6 Å². The van der Waals surface area contributed by atoms with Crippen molar-refractivity contribution in [2.45, 2.75) is 12.3 Å². The molecule has 0 spiro atoms. The van der Waals surface area contributed by atoms with E-state index in [1.807, 2.05) is 0 Å². The lowest BCUT2D eigenvalue weighted by Gasteiger charge is -2.00. The van der Waals surface area contributed by atoms with E-state index in [9.17, 15) is 4.79 Å². The molecule has 0 saturated carbocycles. The summed E-state index contributed by atoms with van der Waals surface area (Å²) in [5.74, 6) is -0.965. The molecule has 0 aliphatic rings. The summed E-state index contributed by atoms with van der Waals surface area (Å²) in [6.45, 7) is 1.76. The van der Waals surface area contributed by atoms with Gasteiger partial charge in [-0.2, -0.15) is 0 Å². The fraction of sp³-hybridized carbons (Fsp3) is 0.800. The van der Waals surface area contributed by atoms with E-state index >= 15 is 0 Å². The molecule has 3 nitrogen and oxygen atoms in total. The van der Waals surface area contributed by atoms with E-state index in [0.29, 0.717) is 0 Å². The van der Waals surface area contributed by atoms with E-state index in [0.717, 1.165) is 0 Å². The van der Waals surface area contributed by atoms with Gasteiger partial charge in [0.1, 0.15) is 6.61 Å². The summed E-state index contributed by atoms with van der Waals surface area (Å²) >= 11 is 5.44. The molecule has 4 heteroatoms. The van der Waals surface area contributed by atoms with Crippen LogP contribution >= 0.6 is 11.6 Å². The fourth-order valence-electron chi connectivity index (χ4n) is 0.309. The third-order valence-electron chi connectivity index (χ3n) is 0.573. The van der Waals surface area contributed by atoms with Crippen LogP contribution in [0.5, 0.6) is 0 Å². The highest BCUT2D eigenvalue weighted by Crippen LogP contribution is 1.92. The predicted molar refractivity (Wildman–Crippen MR) is 33.8 cm³/mol. The van der Waals surface area contributed by atoms with Crippen LogP contribution in [0, 0.1) is 0 Å². The van der Waals surface area contributed by atoms with Gasteiger partial charge in [0.05, 0.1) is 12.0 Å². The van der Waals surface area contributed by atoms with Gasteiger partial charge in [-0.25, -0.2) is 4.79 Å². The average molecular weight is 153 g/mol. The molecule has 1 N–H and O–H groups in total. The van der Waals surface area contributed by atoms with Crippen molar-refractivity contribution in [3.05, 3.63) is 0 Å². The van der Waals surface area contributed by atoms with E-state index in [2.05, 4.69) is 4.74 Å². The van der Waals surface area contributed by atoms with Gasteiger partial charge in [-0.3, -0.25) is 0 Å². The Bertz CT molecular complexity index is 92.2. The van der Waals surface area contributed by atoms with Crippen molar-refractivity contribution in [2.75, 3.05) is 13.2 Å². The monoisotopic (exact) mass is 152 g/mol. The van der Waals surface area contributed by atoms with Crippen molar-refractivity contribution in [3.63, 3.8) is 0 Å². The molecule has 0 fully saturated rings. The summed E-state index contributed by atoms with van der Waals surface area (Å²) in [5, 5.41) is 7.94. The molecular weight excluding hydrogens is 144 g/mol. The van der Waals surface area contributed by atoms with Gasteiger partial charge in [0.15, 0.2) is 0 Å². The summed E-state index contributed by atoms with van der Waals surface area (Å²) in [4.78, 5) is 9.81. The molecule has 0 aromatic heterocycles. The number of carboxylic acid groups (broad SMARTS) is 1. The van der Waals surface area contributed by atoms with Gasteiger partial charge >= 0.3 is 5.97 Å². The van der Waals surface area contributed by atoms with Crippen molar-refractivity contribution in [2.24, 2.45) is 0 Å². The maximum absolute atomic E-state index is 9.81. The van der Waals surface area contributed by atoms with Gasteiger partial charge in [-0.1, -0.05) is 0 Å². The fourth-order valence-corrected chi connectivity index (χ4v) is 0.398. The van der Waals surface area contributed by atoms with Gasteiger partial charge in [-0.15, -0.1) is 11.6 Å². The Labute approximate surface area is 58.6 Å². The number of alkyl halides is 1. The zero-order valence-electron chi connectivity index (χ0n) is 5.13. The first-order valence-electron chi connectivity index (χ1n) is 2.56. The molecule has 0 aliphatic heterocycles. The Morgan fingerprint density at radius 1 is 1.89 bits per heavy atom. The standard InChI is InChI=1S/C5H9ClO3/c1-4(6)2-9-3-5(7)8/h4H,2-3H2,1H3,(H,7,8). The first-order valence-corrected chi connectivity index (χ1v) is 3.00. The van der Waals surface area contributed by atoms with Crippen molar-refractivity contribution < 1.29 is 14.6 Å². The Balaban J connectivity index is 3.01. The summed E-state index contributed by atoms with van der Waals surface area (Å²) in [6, 6.07) is 0. The molecule has 0 rings (SSSR count). The molecule has 0 bridgehead atoms. The van der Waals surface area contributed by atoms with Crippen LogP contribution in [0.15, 0.2) is 0 Å². The van der Waals surface area contributed by atoms with Crippen LogP contribution in [-0.4, -0.2) is 29.7 Å². The Morgan fingerprint density at radius 3 is 2.78 bits per heavy atom. The minimum atomic E-state index is -0.965. The zero-order chi connectivity index (χ0) is 7.28. The average Bonchev–Trinajstić information content (AvgIpc) is 1.63. The summed E-state index contributed by atoms with van der Waals surface area (Å²) in [5.41, 5.74) is 0. The normalized spacial score (nSPS) is 13.1. The second-order valence-corrected chi connectivity index (χ2v) is 2.43. The molecule has 0 saturated heterocycles. The van der Waals surface area contributed by atoms with Crippen LogP contribution in [0.2, 0.25) is 0 Å². The number of rotatable bonds is 4. The van der Waals surface area contributed by atoms with Crippen LogP contribution in [0.3, 0.4) is 0 Å². The first kappa shape index (κ1) is 8.72. The number of halogens is 1. The lowest BCUT2D eigenvalue weighted by molar-refractivity contribution is -0.142. The Morgan fingerprint density at radius 2 is 2.44 bits per heavy atom. The first-order chi connectivity index (χ1) is 4.13. The molecule has 0 radical (unpaired) electrons. The smallest absolute Gasteiger partial charge is 0.329 e. The largest absolute Gasteiger partial charge is 0.480 e. The van der Waals surface area contributed by atoms with Crippen molar-refractivity contribution in [3.8, 4) is 0 Å². The third-order valence-corrected chi connectivity index (χ3v) is 0.699. The number of ether oxygens (including phenoxy) is 1. The van der Waals surface area contributed by atoms with Gasteiger partial charge in [-0.05, 0) is 6.92 Å². The summed E-state index contributed by atoms with van der Waals surface area (Å²) in [6.07, 6.45) is 0. The lowest BCUT2D eigenvalue weighted by atomic mass is 10.5. The molecular formula is C5H9ClO3. The van der Waals surface area contributed by atoms with Gasteiger partial charge in [0.2, 0.25) is 0 Å². The molecule has 0 aromatic rings. The molecule has 54 valence electrons. The highest BCUT2D eigenvalue weighted by molar-refractivity contribution is 6.20. The van der Waals surface area contributed by atoms with Crippen LogP contribution in [-0.2, 0) is 9.53 Å². The topological polar surface area (TPSA) is 46.5 Å². The number of hydrogen-bond donors (Lipinski definition) is 1. The SMILES string of the molecule is CC(Cl)COCC(=O)O. The van der Waals surface area contributed by atoms with Gasteiger partial charge in [0.25, 0.3) is 0 Å². The lowest BCUT2D eigenvalue weighted by Crippen LogP contribution is -2.11. The van der Waals surface area contributed by atoms with E-state index in [4.69, 9.17) is 16.7 Å². The molecule has 0 heterocycles. The van der Waals surface area contributed by atoms with Crippen LogP contribution in [0.25, 0.3) is 0 Å². The van der Waals surface area contributed by atoms with E-state index in [1.54, 1.807) is 6.92 Å². The van der Waals surface area contributed by atoms with Crippen LogP contribution < -0.4 is 0 Å². The molecule has 1 atom stereocenters. The second kappa shape index (κ2) is 4.58. The molecule has 0 aliphatic carbocycles. The third kappa shape index (κ3) is 7.72. The van der Waals surface area contributed by atoms with Crippen LogP contribution in [0.1, 0.15) is 6.92 Å². The predicted octanol–water partition coefficient (Wildman–Crippen LogP) is 0.715. The van der Waals surface area contributed by atoms with Crippen LogP contribution in [0.4, 0.5) is 0 Å². The number of carboxylic acids is 1. The molecule has 1 unspecified atom stereocenters. The minimum absolute atomic E-state index is 0.121. The Kier molecular flexibility index (Phi) is 4.44. The van der Waals surface area contributed by atoms with Gasteiger partial charge in [0, 0.05) is 0 Å². The molecule has 9 heavy (non-hydrogen) atoms. The highest BCUT2D eigenvalue weighted by Gasteiger charge is 1.98. The Hall–Kier alpha value is -0.280. The van der Waals surface area contributed by atoms with Crippen molar-refractivity contribution in [1.82, 2.24) is 0 Å². The minimum Gasteiger partial charge on any atom is -0.480 e. The maximum Gasteiger partial charge on any atom is 0.329 e. The second-order valence-electron chi connectivity index (χ2n) is 1.69. The quantitative estimate of drug-likeness (QED) is 0.604. The zero-order valence-corrected chi connectivity index (χ0v) is 5.89. The maximum atomic E-state index is 9.81. The summed E-state index contributed by atoms with van der Waals surface area (Å²) in [7, 11) is 0. The van der Waals surface area contributed by atoms with E-state index in [-0.39, 0.29) is 18.6 Å². The number of aliphatic carboxylic acids is 1. The number of carbonyl (C=O) groups is 1. The van der Waals surface area contributed by atoms with Crippen molar-refractivity contribution in [1.29, 1.82) is 0 Å². The van der Waals surface area contributed by atoms with E-state index in [1.165, 1.54) is 0 Å². The molecule has 0 aromatic carbocycles. The van der Waals surface area contributed by atoms with E-state index < -0.39 is 5.97 Å². The molecule has 0 amide bonds. The van der Waals surface area contributed by atoms with Gasteiger partial charge < -0.3 is 9.84 Å².